The van der Waals surface area contributed by atoms with Crippen molar-refractivity contribution >= 4 is 11.6 Å². The summed E-state index contributed by atoms with van der Waals surface area (Å²) in [4.78, 5) is 2.44. The molecule has 2 unspecified atom stereocenters. The molecule has 4 heteroatoms. The molecule has 1 fully saturated rings. The van der Waals surface area contributed by atoms with Crippen molar-refractivity contribution in [3.63, 3.8) is 0 Å². The Hall–Kier alpha value is -0.610. The Kier molecular flexibility index (Phi) is 6.30. The van der Waals surface area contributed by atoms with Gasteiger partial charge in [0.25, 0.3) is 0 Å². The van der Waals surface area contributed by atoms with Crippen LogP contribution in [0.1, 0.15) is 37.8 Å². The molecular formula is C16H25ClN2O. The Morgan fingerprint density at radius 3 is 2.75 bits per heavy atom. The van der Waals surface area contributed by atoms with Crippen LogP contribution in [0.5, 0.6) is 0 Å². The van der Waals surface area contributed by atoms with Crippen LogP contribution in [0.15, 0.2) is 24.3 Å². The fourth-order valence-corrected chi connectivity index (χ4v) is 2.78. The Bertz CT molecular complexity index is 390. The molecule has 2 atom stereocenters. The minimum atomic E-state index is 0.0748. The molecule has 0 radical (unpaired) electrons. The van der Waals surface area contributed by atoms with E-state index in [1.165, 1.54) is 12.8 Å². The van der Waals surface area contributed by atoms with Crippen molar-refractivity contribution in [1.29, 1.82) is 0 Å². The number of nitrogens with two attached hydrogens (primary N) is 1. The second kappa shape index (κ2) is 7.99. The van der Waals surface area contributed by atoms with Crippen molar-refractivity contribution in [2.24, 2.45) is 5.73 Å². The van der Waals surface area contributed by atoms with E-state index in [1.54, 1.807) is 0 Å². The number of benzene rings is 1. The van der Waals surface area contributed by atoms with E-state index in [0.717, 1.165) is 43.2 Å². The average molecular weight is 297 g/mol. The van der Waals surface area contributed by atoms with Crippen LogP contribution in [0.2, 0.25) is 5.02 Å². The van der Waals surface area contributed by atoms with Gasteiger partial charge in [-0.05, 0) is 43.5 Å². The maximum Gasteiger partial charge on any atom is 0.0702 e. The highest BCUT2D eigenvalue weighted by molar-refractivity contribution is 6.30. The molecule has 1 saturated heterocycles. The molecule has 1 aliphatic heterocycles. The summed E-state index contributed by atoms with van der Waals surface area (Å²) in [6.07, 6.45) is 3.77. The van der Waals surface area contributed by atoms with E-state index in [4.69, 9.17) is 22.1 Å². The predicted octanol–water partition coefficient (Wildman–Crippen LogP) is 3.23. The molecule has 0 bridgehead atoms. The first kappa shape index (κ1) is 15.8. The highest BCUT2D eigenvalue weighted by atomic mass is 35.5. The lowest BCUT2D eigenvalue weighted by Gasteiger charge is -2.25. The summed E-state index contributed by atoms with van der Waals surface area (Å²) in [5.41, 5.74) is 7.41. The maximum atomic E-state index is 6.26. The number of nitrogens with zero attached hydrogens (tertiary/aromatic N) is 1. The number of rotatable bonds is 7. The predicted molar refractivity (Wildman–Crippen MR) is 84.1 cm³/mol. The zero-order valence-corrected chi connectivity index (χ0v) is 13.0. The van der Waals surface area contributed by atoms with E-state index in [0.29, 0.717) is 6.10 Å². The second-order valence-electron chi connectivity index (χ2n) is 5.47. The van der Waals surface area contributed by atoms with Crippen molar-refractivity contribution < 1.29 is 4.74 Å². The molecule has 112 valence electrons. The minimum absolute atomic E-state index is 0.0748. The van der Waals surface area contributed by atoms with E-state index < -0.39 is 0 Å². The molecule has 3 nitrogen and oxygen atoms in total. The van der Waals surface area contributed by atoms with Crippen molar-refractivity contribution in [3.05, 3.63) is 34.9 Å². The summed E-state index contributed by atoms with van der Waals surface area (Å²) < 4.78 is 5.70. The summed E-state index contributed by atoms with van der Waals surface area (Å²) in [5.74, 6) is 0. The fourth-order valence-electron chi connectivity index (χ4n) is 2.65. The monoisotopic (exact) mass is 296 g/mol. The Labute approximate surface area is 127 Å². The van der Waals surface area contributed by atoms with Crippen LogP contribution in [0, 0.1) is 0 Å². The van der Waals surface area contributed by atoms with Gasteiger partial charge in [-0.2, -0.15) is 0 Å². The summed E-state index contributed by atoms with van der Waals surface area (Å²) in [5, 5.41) is 0.759. The van der Waals surface area contributed by atoms with E-state index in [2.05, 4.69) is 11.8 Å². The van der Waals surface area contributed by atoms with E-state index in [1.807, 2.05) is 24.3 Å². The van der Waals surface area contributed by atoms with Gasteiger partial charge in [-0.3, -0.25) is 0 Å². The molecule has 1 aliphatic rings. The molecule has 0 amide bonds. The molecule has 2 N–H and O–H groups in total. The average Bonchev–Trinajstić information content (AvgIpc) is 2.96. The van der Waals surface area contributed by atoms with Crippen molar-refractivity contribution in [2.45, 2.75) is 38.3 Å². The van der Waals surface area contributed by atoms with Gasteiger partial charge in [0.15, 0.2) is 0 Å². The second-order valence-corrected chi connectivity index (χ2v) is 5.91. The molecule has 1 aromatic rings. The van der Waals surface area contributed by atoms with Gasteiger partial charge in [-0.1, -0.05) is 30.7 Å². The zero-order chi connectivity index (χ0) is 14.4. The van der Waals surface area contributed by atoms with Gasteiger partial charge in [-0.15, -0.1) is 0 Å². The zero-order valence-electron chi connectivity index (χ0n) is 12.2. The molecule has 0 spiro atoms. The first-order valence-corrected chi connectivity index (χ1v) is 7.92. The Morgan fingerprint density at radius 1 is 1.40 bits per heavy atom. The normalized spacial score (nSPS) is 20.5. The molecule has 2 rings (SSSR count). The number of hydrogen-bond donors (Lipinski definition) is 1. The van der Waals surface area contributed by atoms with E-state index in [9.17, 15) is 0 Å². The SMILES string of the molecule is CCN(CCC(N)c1ccc(Cl)cc1)CC1CCCO1. The molecular weight excluding hydrogens is 272 g/mol. The molecule has 0 aromatic heterocycles. The highest BCUT2D eigenvalue weighted by Gasteiger charge is 2.18. The van der Waals surface area contributed by atoms with Crippen LogP contribution in [-0.2, 0) is 4.74 Å². The summed E-state index contributed by atoms with van der Waals surface area (Å²) in [6, 6.07) is 7.92. The van der Waals surface area contributed by atoms with Gasteiger partial charge >= 0.3 is 0 Å². The molecule has 0 saturated carbocycles. The molecule has 1 aromatic carbocycles. The van der Waals surface area contributed by atoms with Crippen molar-refractivity contribution in [3.8, 4) is 0 Å². The first-order chi connectivity index (χ1) is 9.69. The minimum Gasteiger partial charge on any atom is -0.377 e. The largest absolute Gasteiger partial charge is 0.377 e. The maximum absolute atomic E-state index is 6.26. The van der Waals surface area contributed by atoms with Crippen LogP contribution in [0.25, 0.3) is 0 Å². The molecule has 0 aliphatic carbocycles. The highest BCUT2D eigenvalue weighted by Crippen LogP contribution is 2.18. The topological polar surface area (TPSA) is 38.5 Å². The third-order valence-corrected chi connectivity index (χ3v) is 4.24. The summed E-state index contributed by atoms with van der Waals surface area (Å²) in [6.45, 7) is 6.21. The van der Waals surface area contributed by atoms with Crippen LogP contribution in [-0.4, -0.2) is 37.2 Å². The number of hydrogen-bond acceptors (Lipinski definition) is 3. The van der Waals surface area contributed by atoms with Gasteiger partial charge in [0.1, 0.15) is 0 Å². The van der Waals surface area contributed by atoms with Gasteiger partial charge in [0, 0.05) is 30.8 Å². The smallest absolute Gasteiger partial charge is 0.0702 e. The lowest BCUT2D eigenvalue weighted by molar-refractivity contribution is 0.0738. The van der Waals surface area contributed by atoms with Gasteiger partial charge in [-0.25, -0.2) is 0 Å². The van der Waals surface area contributed by atoms with E-state index in [-0.39, 0.29) is 6.04 Å². The Morgan fingerprint density at radius 2 is 2.15 bits per heavy atom. The number of halogens is 1. The lowest BCUT2D eigenvalue weighted by atomic mass is 10.0. The summed E-state index contributed by atoms with van der Waals surface area (Å²) in [7, 11) is 0. The van der Waals surface area contributed by atoms with Gasteiger partial charge in [0.05, 0.1) is 6.10 Å². The van der Waals surface area contributed by atoms with Crippen LogP contribution in [0.4, 0.5) is 0 Å². The fraction of sp³-hybridized carbons (Fsp3) is 0.625. The van der Waals surface area contributed by atoms with Crippen LogP contribution < -0.4 is 5.73 Å². The number of likely N-dealkylation sites (N-methyl/N-ethyl adjacent to an activating group) is 1. The summed E-state index contributed by atoms with van der Waals surface area (Å²) >= 11 is 5.90. The standard InChI is InChI=1S/C16H25ClN2O/c1-2-19(12-15-4-3-11-20-15)10-9-16(18)13-5-7-14(17)8-6-13/h5-8,15-16H,2-4,9-12,18H2,1H3. The molecule has 20 heavy (non-hydrogen) atoms. The van der Waals surface area contributed by atoms with Crippen molar-refractivity contribution in [1.82, 2.24) is 4.90 Å². The van der Waals surface area contributed by atoms with Crippen LogP contribution >= 0.6 is 11.6 Å². The van der Waals surface area contributed by atoms with Gasteiger partial charge in [0.2, 0.25) is 0 Å². The Balaban J connectivity index is 1.78. The van der Waals surface area contributed by atoms with E-state index >= 15 is 0 Å². The van der Waals surface area contributed by atoms with Crippen molar-refractivity contribution in [2.75, 3.05) is 26.2 Å². The third-order valence-electron chi connectivity index (χ3n) is 3.99. The first-order valence-electron chi connectivity index (χ1n) is 7.54. The van der Waals surface area contributed by atoms with Gasteiger partial charge < -0.3 is 15.4 Å². The third kappa shape index (κ3) is 4.74. The van der Waals surface area contributed by atoms with Crippen LogP contribution in [0.3, 0.4) is 0 Å². The quantitative estimate of drug-likeness (QED) is 0.839. The lowest BCUT2D eigenvalue weighted by Crippen LogP contribution is -2.34. The molecule has 1 heterocycles. The number of ether oxygens (including phenoxy) is 1.